The third kappa shape index (κ3) is 4.62. The van der Waals surface area contributed by atoms with E-state index in [0.717, 1.165) is 35.5 Å². The summed E-state index contributed by atoms with van der Waals surface area (Å²) in [5.74, 6) is 3.25. The summed E-state index contributed by atoms with van der Waals surface area (Å²) in [6.45, 7) is 7.39. The number of H-pyrrole nitrogens is 1. The van der Waals surface area contributed by atoms with Gasteiger partial charge in [-0.3, -0.25) is 9.78 Å². The second kappa shape index (κ2) is 9.78. The van der Waals surface area contributed by atoms with Gasteiger partial charge in [0.1, 0.15) is 28.6 Å². The number of aromatic amines is 1. The number of nitrogens with zero attached hydrogens (tertiary/aromatic N) is 3. The molecule has 1 aliphatic rings. The summed E-state index contributed by atoms with van der Waals surface area (Å²) in [7, 11) is 1.73. The lowest BCUT2D eigenvalue weighted by molar-refractivity contribution is 0.0786. The van der Waals surface area contributed by atoms with Crippen molar-refractivity contribution in [3.63, 3.8) is 0 Å². The Labute approximate surface area is 232 Å². The first-order valence-corrected chi connectivity index (χ1v) is 13.7. The van der Waals surface area contributed by atoms with E-state index in [1.165, 1.54) is 12.8 Å². The van der Waals surface area contributed by atoms with Gasteiger partial charge >= 0.3 is 0 Å². The molecule has 1 aromatic carbocycles. The molecule has 5 aromatic rings. The van der Waals surface area contributed by atoms with E-state index < -0.39 is 5.60 Å². The highest BCUT2D eigenvalue weighted by Crippen LogP contribution is 2.42. The van der Waals surface area contributed by atoms with Crippen LogP contribution in [0.2, 0.25) is 0 Å². The van der Waals surface area contributed by atoms with Gasteiger partial charge in [0.05, 0.1) is 17.2 Å². The maximum absolute atomic E-state index is 13.3. The Balaban J connectivity index is 1.53. The molecule has 6 rings (SSSR count). The average Bonchev–Trinajstić information content (AvgIpc) is 3.68. The molecule has 0 spiro atoms. The molecule has 4 aromatic heterocycles. The summed E-state index contributed by atoms with van der Waals surface area (Å²) < 4.78 is 14.5. The highest BCUT2D eigenvalue weighted by molar-refractivity contribution is 5.95. The molecule has 0 atom stereocenters. The van der Waals surface area contributed by atoms with Crippen LogP contribution in [0, 0.1) is 13.8 Å². The maximum Gasteiger partial charge on any atom is 0.261 e. The number of nitrogens with one attached hydrogen (secondary N) is 1. The zero-order chi connectivity index (χ0) is 28.2. The molecule has 0 amide bonds. The van der Waals surface area contributed by atoms with Crippen LogP contribution in [-0.2, 0) is 12.6 Å². The Morgan fingerprint density at radius 3 is 2.50 bits per heavy atom. The molecule has 1 fully saturated rings. The summed E-state index contributed by atoms with van der Waals surface area (Å²) in [4.78, 5) is 25.6. The third-order valence-corrected chi connectivity index (χ3v) is 7.89. The van der Waals surface area contributed by atoms with Crippen LogP contribution in [0.1, 0.15) is 68.0 Å². The standard InChI is InChI=1S/C32H34N4O4/c1-18-14-33-15-19(2)28(18)39-26-11-10-21(32(3,4)38)12-22(26)24-17-36(5)31(37)23-13-27(40-29(23)24)25-16-34-30(35-25)20-8-6-7-9-20/h10-17,20,38H,6-9H2,1-5H3,(H,34,35). The third-order valence-electron chi connectivity index (χ3n) is 7.89. The van der Waals surface area contributed by atoms with Crippen molar-refractivity contribution >= 4 is 11.0 Å². The molecule has 2 N–H and O–H groups in total. The Morgan fingerprint density at radius 2 is 1.80 bits per heavy atom. The van der Waals surface area contributed by atoms with Crippen molar-refractivity contribution in [3.8, 4) is 34.1 Å². The molecule has 4 heterocycles. The molecule has 8 nitrogen and oxygen atoms in total. The average molecular weight is 539 g/mol. The summed E-state index contributed by atoms with van der Waals surface area (Å²) in [6, 6.07) is 7.39. The quantitative estimate of drug-likeness (QED) is 0.244. The van der Waals surface area contributed by atoms with Gasteiger partial charge in [-0.15, -0.1) is 0 Å². The van der Waals surface area contributed by atoms with E-state index in [1.54, 1.807) is 56.3 Å². The number of hydrogen-bond acceptors (Lipinski definition) is 6. The number of furan rings is 1. The van der Waals surface area contributed by atoms with Crippen LogP contribution in [0.25, 0.3) is 33.6 Å². The topological polar surface area (TPSA) is 106 Å². The van der Waals surface area contributed by atoms with Gasteiger partial charge in [0, 0.05) is 53.8 Å². The number of aryl methyl sites for hydroxylation is 3. The molecule has 0 bridgehead atoms. The number of pyridine rings is 2. The van der Waals surface area contributed by atoms with Crippen molar-refractivity contribution in [2.45, 2.75) is 64.9 Å². The van der Waals surface area contributed by atoms with Crippen LogP contribution in [-0.4, -0.2) is 24.6 Å². The van der Waals surface area contributed by atoms with Gasteiger partial charge < -0.3 is 23.8 Å². The van der Waals surface area contributed by atoms with Gasteiger partial charge in [-0.25, -0.2) is 4.98 Å². The van der Waals surface area contributed by atoms with E-state index in [-0.39, 0.29) is 5.56 Å². The largest absolute Gasteiger partial charge is 0.456 e. The molecule has 1 saturated carbocycles. The highest BCUT2D eigenvalue weighted by Gasteiger charge is 2.25. The molecule has 1 aliphatic carbocycles. The minimum Gasteiger partial charge on any atom is -0.456 e. The fraction of sp³-hybridized carbons (Fsp3) is 0.344. The molecular formula is C32H34N4O4. The van der Waals surface area contributed by atoms with Crippen LogP contribution >= 0.6 is 0 Å². The fourth-order valence-electron chi connectivity index (χ4n) is 5.61. The Hall–Kier alpha value is -4.17. The molecule has 206 valence electrons. The first-order chi connectivity index (χ1) is 19.1. The molecule has 0 aliphatic heterocycles. The summed E-state index contributed by atoms with van der Waals surface area (Å²) in [5, 5.41) is 11.3. The van der Waals surface area contributed by atoms with E-state index in [4.69, 9.17) is 9.15 Å². The monoisotopic (exact) mass is 538 g/mol. The summed E-state index contributed by atoms with van der Waals surface area (Å²) in [6.07, 6.45) is 11.8. The second-order valence-electron chi connectivity index (χ2n) is 11.5. The normalized spacial score (nSPS) is 14.3. The zero-order valence-electron chi connectivity index (χ0n) is 23.5. The predicted octanol–water partition coefficient (Wildman–Crippen LogP) is 6.88. The lowest BCUT2D eigenvalue weighted by Crippen LogP contribution is -2.17. The SMILES string of the molecule is Cc1cncc(C)c1Oc1ccc(C(C)(C)O)cc1-c1cn(C)c(=O)c2cc(-c3cnc(C4CCCC4)[nH]3)oc12. The molecule has 0 radical (unpaired) electrons. The number of aromatic nitrogens is 4. The number of rotatable bonds is 6. The smallest absolute Gasteiger partial charge is 0.261 e. The van der Waals surface area contributed by atoms with Crippen LogP contribution in [0.3, 0.4) is 0 Å². The van der Waals surface area contributed by atoms with Crippen molar-refractivity contribution in [1.82, 2.24) is 19.5 Å². The van der Waals surface area contributed by atoms with Crippen molar-refractivity contribution in [1.29, 1.82) is 0 Å². The first kappa shape index (κ1) is 26.1. The molecule has 8 heteroatoms. The lowest BCUT2D eigenvalue weighted by Gasteiger charge is -2.21. The van der Waals surface area contributed by atoms with E-state index in [9.17, 15) is 9.90 Å². The van der Waals surface area contributed by atoms with Gasteiger partial charge in [-0.05, 0) is 64.3 Å². The van der Waals surface area contributed by atoms with Crippen molar-refractivity contribution in [2.75, 3.05) is 0 Å². The predicted molar refractivity (Wildman–Crippen MR) is 155 cm³/mol. The van der Waals surface area contributed by atoms with E-state index in [2.05, 4.69) is 15.0 Å². The highest BCUT2D eigenvalue weighted by atomic mass is 16.5. The van der Waals surface area contributed by atoms with Gasteiger partial charge in [-0.2, -0.15) is 0 Å². The molecular weight excluding hydrogens is 504 g/mol. The van der Waals surface area contributed by atoms with Crippen LogP contribution < -0.4 is 10.3 Å². The Bertz CT molecular complexity index is 1760. The van der Waals surface area contributed by atoms with Crippen LogP contribution in [0.4, 0.5) is 0 Å². The van der Waals surface area contributed by atoms with E-state index in [1.807, 2.05) is 32.0 Å². The number of ether oxygens (including phenoxy) is 1. The van der Waals surface area contributed by atoms with Crippen LogP contribution in [0.5, 0.6) is 11.5 Å². The van der Waals surface area contributed by atoms with E-state index in [0.29, 0.717) is 50.8 Å². The Morgan fingerprint density at radius 1 is 1.07 bits per heavy atom. The van der Waals surface area contributed by atoms with Gasteiger partial charge in [-0.1, -0.05) is 18.9 Å². The first-order valence-electron chi connectivity index (χ1n) is 13.7. The van der Waals surface area contributed by atoms with Crippen molar-refractivity contribution < 1.29 is 14.3 Å². The fourth-order valence-corrected chi connectivity index (χ4v) is 5.61. The number of imidazole rings is 1. The van der Waals surface area contributed by atoms with Gasteiger partial charge in [0.2, 0.25) is 0 Å². The van der Waals surface area contributed by atoms with Crippen LogP contribution in [0.15, 0.2) is 58.3 Å². The summed E-state index contributed by atoms with van der Waals surface area (Å²) in [5.41, 5.74) is 3.86. The Kier molecular flexibility index (Phi) is 6.38. The van der Waals surface area contributed by atoms with Crippen molar-refractivity contribution in [2.24, 2.45) is 7.05 Å². The number of benzene rings is 1. The van der Waals surface area contributed by atoms with Gasteiger partial charge in [0.15, 0.2) is 5.76 Å². The molecule has 0 unspecified atom stereocenters. The summed E-state index contributed by atoms with van der Waals surface area (Å²) >= 11 is 0. The zero-order valence-corrected chi connectivity index (χ0v) is 23.5. The maximum atomic E-state index is 13.3. The number of fused-ring (bicyclic) bond motifs is 1. The minimum absolute atomic E-state index is 0.161. The molecule has 0 saturated heterocycles. The number of hydrogen-bond donors (Lipinski definition) is 2. The molecule has 40 heavy (non-hydrogen) atoms. The van der Waals surface area contributed by atoms with Crippen molar-refractivity contribution in [3.05, 3.63) is 81.9 Å². The number of aliphatic hydroxyl groups is 1. The lowest BCUT2D eigenvalue weighted by atomic mass is 9.93. The van der Waals surface area contributed by atoms with E-state index >= 15 is 0 Å². The minimum atomic E-state index is -1.09. The second-order valence-corrected chi connectivity index (χ2v) is 11.5. The van der Waals surface area contributed by atoms with Gasteiger partial charge in [0.25, 0.3) is 5.56 Å².